The van der Waals surface area contributed by atoms with Gasteiger partial charge < -0.3 is 14.2 Å². The van der Waals surface area contributed by atoms with Crippen molar-refractivity contribution in [2.24, 2.45) is 4.99 Å². The quantitative estimate of drug-likeness (QED) is 0.157. The van der Waals surface area contributed by atoms with Crippen LogP contribution < -0.4 is 24.4 Å². The van der Waals surface area contributed by atoms with Crippen LogP contribution in [0.4, 0.5) is 0 Å². The molecule has 9 heteroatoms. The lowest BCUT2D eigenvalue weighted by Gasteiger charge is -2.26. The molecule has 1 aromatic heterocycles. The number of hydrogen-bond donors (Lipinski definition) is 0. The van der Waals surface area contributed by atoms with E-state index in [1.807, 2.05) is 78.9 Å². The molecule has 0 amide bonds. The molecular weight excluding hydrogens is 635 g/mol. The third-order valence-corrected chi connectivity index (χ3v) is 9.26. The molecule has 5 aromatic rings. The summed E-state index contributed by atoms with van der Waals surface area (Å²) < 4.78 is 19.5. The van der Waals surface area contributed by atoms with Gasteiger partial charge in [0.05, 0.1) is 47.2 Å². The average Bonchev–Trinajstić information content (AvgIpc) is 3.44. The maximum atomic E-state index is 14.5. The highest BCUT2D eigenvalue weighted by Gasteiger charge is 2.35. The molecule has 0 saturated carbocycles. The van der Waals surface area contributed by atoms with Crippen molar-refractivity contribution >= 4 is 29.1 Å². The van der Waals surface area contributed by atoms with Crippen molar-refractivity contribution in [1.29, 1.82) is 5.26 Å². The van der Waals surface area contributed by atoms with Crippen LogP contribution in [-0.4, -0.2) is 24.3 Å². The van der Waals surface area contributed by atoms with Gasteiger partial charge in [0.1, 0.15) is 6.61 Å². The minimum absolute atomic E-state index is 0.176. The molecule has 1 aliphatic rings. The fraction of sp³-hybridized carbons (Fsp3) is 0.200. The van der Waals surface area contributed by atoms with Gasteiger partial charge in [-0.25, -0.2) is 9.79 Å². The van der Waals surface area contributed by atoms with Crippen LogP contribution >= 0.6 is 11.3 Å². The maximum absolute atomic E-state index is 14.5. The SMILES string of the molecule is CCOC(=O)C1=C(c2ccccc2)N=c2s/c(=C\c3cccc(OC)c3OCc3ccc(C#N)cc3)c(=O)n2[C@@H]1c1ccc(C(C)C)cc1. The number of thiazole rings is 1. The lowest BCUT2D eigenvalue weighted by molar-refractivity contribution is -0.138. The second kappa shape index (κ2) is 14.6. The lowest BCUT2D eigenvalue weighted by atomic mass is 9.91. The van der Waals surface area contributed by atoms with Gasteiger partial charge >= 0.3 is 5.97 Å². The number of ether oxygens (including phenoxy) is 3. The van der Waals surface area contributed by atoms with E-state index in [2.05, 4.69) is 19.9 Å². The number of esters is 1. The Hall–Kier alpha value is -5.72. The van der Waals surface area contributed by atoms with Crippen LogP contribution in [0, 0.1) is 11.3 Å². The van der Waals surface area contributed by atoms with Crippen LogP contribution in [0.15, 0.2) is 112 Å². The van der Waals surface area contributed by atoms with E-state index in [1.165, 1.54) is 11.3 Å². The number of carbonyl (C=O) groups excluding carboxylic acids is 1. The zero-order valence-electron chi connectivity index (χ0n) is 27.7. The summed E-state index contributed by atoms with van der Waals surface area (Å²) in [6.07, 6.45) is 1.77. The van der Waals surface area contributed by atoms with Crippen molar-refractivity contribution in [3.8, 4) is 17.6 Å². The van der Waals surface area contributed by atoms with Gasteiger partial charge in [-0.2, -0.15) is 5.26 Å². The van der Waals surface area contributed by atoms with Crippen LogP contribution in [0.1, 0.15) is 66.1 Å². The van der Waals surface area contributed by atoms with E-state index in [0.29, 0.717) is 49.1 Å². The first-order valence-electron chi connectivity index (χ1n) is 16.0. The Labute approximate surface area is 288 Å². The van der Waals surface area contributed by atoms with Crippen LogP contribution in [0.5, 0.6) is 11.5 Å². The average molecular weight is 670 g/mol. The molecule has 246 valence electrons. The fourth-order valence-corrected chi connectivity index (χ4v) is 6.74. The number of nitrogens with zero attached hydrogens (tertiary/aromatic N) is 3. The molecule has 0 aliphatic carbocycles. The van der Waals surface area contributed by atoms with E-state index in [4.69, 9.17) is 24.5 Å². The fourth-order valence-electron chi connectivity index (χ4n) is 5.75. The van der Waals surface area contributed by atoms with E-state index < -0.39 is 12.0 Å². The van der Waals surface area contributed by atoms with Gasteiger partial charge in [0.2, 0.25) is 0 Å². The first-order chi connectivity index (χ1) is 23.8. The molecule has 1 aliphatic heterocycles. The number of rotatable bonds is 10. The number of carbonyl (C=O) groups is 1. The van der Waals surface area contributed by atoms with Gasteiger partial charge in [-0.1, -0.05) is 104 Å². The Kier molecular flexibility index (Phi) is 9.88. The Morgan fingerprint density at radius 3 is 2.39 bits per heavy atom. The minimum Gasteiger partial charge on any atom is -0.493 e. The zero-order chi connectivity index (χ0) is 34.5. The molecule has 4 aromatic carbocycles. The lowest BCUT2D eigenvalue weighted by Crippen LogP contribution is -2.40. The second-order valence-corrected chi connectivity index (χ2v) is 12.7. The Morgan fingerprint density at radius 2 is 1.73 bits per heavy atom. The summed E-state index contributed by atoms with van der Waals surface area (Å²) in [5.74, 6) is 0.767. The maximum Gasteiger partial charge on any atom is 0.338 e. The van der Waals surface area contributed by atoms with Crippen molar-refractivity contribution in [3.05, 3.63) is 156 Å². The number of para-hydroxylation sites is 1. The number of fused-ring (bicyclic) bond motifs is 1. The molecule has 1 atom stereocenters. The smallest absolute Gasteiger partial charge is 0.338 e. The molecule has 8 nitrogen and oxygen atoms in total. The van der Waals surface area contributed by atoms with Gasteiger partial charge in [-0.3, -0.25) is 9.36 Å². The molecule has 2 heterocycles. The van der Waals surface area contributed by atoms with Gasteiger partial charge in [0.25, 0.3) is 5.56 Å². The standard InChI is InChI=1S/C40H35N3O5S/c1-5-47-39(45)34-35(29-10-7-6-8-11-29)42-40-43(36(34)30-20-18-28(19-21-30)25(2)3)38(44)33(49-40)22-31-12-9-13-32(46-4)37(31)48-24-27-16-14-26(23-41)15-17-27/h6-22,25,36H,5,24H2,1-4H3/b33-22-/t36-/m1/s1. The zero-order valence-corrected chi connectivity index (χ0v) is 28.5. The predicted octanol–water partition coefficient (Wildman–Crippen LogP) is 6.52. The highest BCUT2D eigenvalue weighted by Crippen LogP contribution is 2.36. The molecule has 0 saturated heterocycles. The van der Waals surface area contributed by atoms with Crippen molar-refractivity contribution in [1.82, 2.24) is 4.57 Å². The largest absolute Gasteiger partial charge is 0.493 e. The summed E-state index contributed by atoms with van der Waals surface area (Å²) in [6, 6.07) is 31.5. The van der Waals surface area contributed by atoms with Gasteiger partial charge in [-0.05, 0) is 53.8 Å². The molecule has 0 fully saturated rings. The molecule has 0 unspecified atom stereocenters. The third-order valence-electron chi connectivity index (χ3n) is 8.27. The number of methoxy groups -OCH3 is 1. The molecule has 49 heavy (non-hydrogen) atoms. The first kappa shape index (κ1) is 33.2. The van der Waals surface area contributed by atoms with Crippen LogP contribution in [0.3, 0.4) is 0 Å². The minimum atomic E-state index is -0.772. The molecule has 0 spiro atoms. The first-order valence-corrected chi connectivity index (χ1v) is 16.8. The monoisotopic (exact) mass is 669 g/mol. The van der Waals surface area contributed by atoms with Gasteiger partial charge in [0, 0.05) is 11.1 Å². The van der Waals surface area contributed by atoms with E-state index >= 15 is 0 Å². The molecule has 0 N–H and O–H groups in total. The summed E-state index contributed by atoms with van der Waals surface area (Å²) in [7, 11) is 1.56. The van der Waals surface area contributed by atoms with Gasteiger partial charge in [0.15, 0.2) is 16.3 Å². The number of nitriles is 1. The predicted molar refractivity (Wildman–Crippen MR) is 190 cm³/mol. The number of hydrogen-bond acceptors (Lipinski definition) is 8. The summed E-state index contributed by atoms with van der Waals surface area (Å²) >= 11 is 1.24. The van der Waals surface area contributed by atoms with E-state index in [0.717, 1.165) is 22.3 Å². The number of benzene rings is 4. The Bertz CT molecular complexity index is 2240. The van der Waals surface area contributed by atoms with Crippen molar-refractivity contribution < 1.29 is 19.0 Å². The van der Waals surface area contributed by atoms with Gasteiger partial charge in [-0.15, -0.1) is 0 Å². The van der Waals surface area contributed by atoms with Crippen LogP contribution in [0.25, 0.3) is 11.8 Å². The highest BCUT2D eigenvalue weighted by molar-refractivity contribution is 7.07. The van der Waals surface area contributed by atoms with Crippen LogP contribution in [0.2, 0.25) is 0 Å². The Morgan fingerprint density at radius 1 is 1.00 bits per heavy atom. The summed E-state index contributed by atoms with van der Waals surface area (Å²) in [5.41, 5.74) is 5.23. The molecular formula is C40H35N3O5S. The van der Waals surface area contributed by atoms with Crippen molar-refractivity contribution in [2.75, 3.05) is 13.7 Å². The summed E-state index contributed by atoms with van der Waals surface area (Å²) in [5, 5.41) is 9.15. The topological polar surface area (TPSA) is 103 Å². The highest BCUT2D eigenvalue weighted by atomic mass is 32.1. The molecule has 0 bridgehead atoms. The van der Waals surface area contributed by atoms with E-state index in [-0.39, 0.29) is 18.8 Å². The van der Waals surface area contributed by atoms with E-state index in [1.54, 1.807) is 42.9 Å². The number of aromatic nitrogens is 1. The summed E-state index contributed by atoms with van der Waals surface area (Å²) in [4.78, 5) is 33.7. The Balaban J connectivity index is 1.53. The normalized spacial score (nSPS) is 14.2. The third kappa shape index (κ3) is 6.82. The van der Waals surface area contributed by atoms with Crippen molar-refractivity contribution in [3.63, 3.8) is 0 Å². The summed E-state index contributed by atoms with van der Waals surface area (Å²) in [6.45, 7) is 6.41. The molecule has 0 radical (unpaired) electrons. The second-order valence-electron chi connectivity index (χ2n) is 11.7. The van der Waals surface area contributed by atoms with Crippen LogP contribution in [-0.2, 0) is 16.1 Å². The van der Waals surface area contributed by atoms with Crippen molar-refractivity contribution in [2.45, 2.75) is 39.3 Å². The van der Waals surface area contributed by atoms with E-state index in [9.17, 15) is 9.59 Å². The molecule has 6 rings (SSSR count).